The van der Waals surface area contributed by atoms with Crippen molar-refractivity contribution in [2.45, 2.75) is 32.2 Å². The number of hydrogen-bond acceptors (Lipinski definition) is 6. The highest BCUT2D eigenvalue weighted by Crippen LogP contribution is 2.25. The molecule has 27 heavy (non-hydrogen) atoms. The molecular formula is C20H23NO6. The van der Waals surface area contributed by atoms with E-state index >= 15 is 0 Å². The second-order valence-electron chi connectivity index (χ2n) is 6.12. The molecule has 2 aromatic rings. The van der Waals surface area contributed by atoms with Crippen molar-refractivity contribution in [3.63, 3.8) is 0 Å². The third kappa shape index (κ3) is 6.09. The lowest BCUT2D eigenvalue weighted by Gasteiger charge is -2.19. The third-order valence-corrected chi connectivity index (χ3v) is 4.03. The summed E-state index contributed by atoms with van der Waals surface area (Å²) < 4.78 is 5.05. The lowest BCUT2D eigenvalue weighted by Crippen LogP contribution is -2.29. The topological polar surface area (TPSA) is 116 Å². The van der Waals surface area contributed by atoms with Crippen LogP contribution in [0.3, 0.4) is 0 Å². The summed E-state index contributed by atoms with van der Waals surface area (Å²) in [5.74, 6) is -0.554. The molecule has 144 valence electrons. The molecule has 0 saturated carbocycles. The Morgan fingerprint density at radius 3 is 2.44 bits per heavy atom. The maximum Gasteiger partial charge on any atom is 0.407 e. The fraction of sp³-hybridized carbons (Fsp3) is 0.300. The Bertz CT molecular complexity index is 777. The average molecular weight is 373 g/mol. The third-order valence-electron chi connectivity index (χ3n) is 4.03. The van der Waals surface area contributed by atoms with E-state index in [4.69, 9.17) is 4.74 Å². The highest BCUT2D eigenvalue weighted by molar-refractivity contribution is 5.96. The van der Waals surface area contributed by atoms with Crippen molar-refractivity contribution in [2.24, 2.45) is 0 Å². The van der Waals surface area contributed by atoms with Crippen molar-refractivity contribution in [3.8, 4) is 5.75 Å². The maximum absolute atomic E-state index is 11.6. The van der Waals surface area contributed by atoms with Crippen LogP contribution in [0.2, 0.25) is 0 Å². The van der Waals surface area contributed by atoms with Gasteiger partial charge in [-0.2, -0.15) is 0 Å². The highest BCUT2D eigenvalue weighted by atomic mass is 16.5. The number of alkyl carbamates (subject to hydrolysis) is 1. The van der Waals surface area contributed by atoms with Crippen molar-refractivity contribution < 1.29 is 29.6 Å². The minimum atomic E-state index is -1.26. The number of aromatic hydroxyl groups is 1. The summed E-state index contributed by atoms with van der Waals surface area (Å²) in [6.45, 7) is 1.56. The van der Waals surface area contributed by atoms with Crippen LogP contribution in [0.25, 0.3) is 0 Å². The van der Waals surface area contributed by atoms with Crippen molar-refractivity contribution in [2.75, 3.05) is 6.54 Å². The quantitative estimate of drug-likeness (QED) is 0.528. The smallest absolute Gasteiger partial charge is 0.407 e. The molecule has 2 atom stereocenters. The fourth-order valence-corrected chi connectivity index (χ4v) is 2.51. The molecule has 0 saturated heterocycles. The van der Waals surface area contributed by atoms with Gasteiger partial charge in [0.05, 0.1) is 11.7 Å². The van der Waals surface area contributed by atoms with Gasteiger partial charge in [0, 0.05) is 6.54 Å². The number of ether oxygens (including phenoxy) is 1. The molecule has 0 aromatic heterocycles. The van der Waals surface area contributed by atoms with Gasteiger partial charge in [0.1, 0.15) is 18.5 Å². The number of ketones is 1. The number of hydrogen-bond donors (Lipinski definition) is 4. The van der Waals surface area contributed by atoms with Crippen LogP contribution < -0.4 is 5.32 Å². The monoisotopic (exact) mass is 373 g/mol. The van der Waals surface area contributed by atoms with Gasteiger partial charge in [-0.05, 0) is 36.6 Å². The minimum Gasteiger partial charge on any atom is -0.507 e. The molecule has 2 unspecified atom stereocenters. The number of aliphatic hydroxyl groups is 2. The van der Waals surface area contributed by atoms with Crippen LogP contribution in [-0.2, 0) is 11.3 Å². The number of rotatable bonds is 8. The van der Waals surface area contributed by atoms with Crippen molar-refractivity contribution >= 4 is 11.9 Å². The van der Waals surface area contributed by atoms with Gasteiger partial charge in [0.25, 0.3) is 0 Å². The lowest BCUT2D eigenvalue weighted by molar-refractivity contribution is 0.0135. The van der Waals surface area contributed by atoms with Gasteiger partial charge in [-0.25, -0.2) is 4.79 Å². The first-order valence-electron chi connectivity index (χ1n) is 8.53. The molecule has 4 N–H and O–H groups in total. The second-order valence-corrected chi connectivity index (χ2v) is 6.12. The van der Waals surface area contributed by atoms with E-state index in [-0.39, 0.29) is 42.2 Å². The normalized spacial score (nSPS) is 12.9. The van der Waals surface area contributed by atoms with Crippen molar-refractivity contribution in [3.05, 3.63) is 65.2 Å². The van der Waals surface area contributed by atoms with E-state index in [0.717, 1.165) is 5.56 Å². The average Bonchev–Trinajstić information content (AvgIpc) is 2.66. The minimum absolute atomic E-state index is 0.0802. The number of phenolic OH excluding ortho intramolecular Hbond substituents is 1. The summed E-state index contributed by atoms with van der Waals surface area (Å²) in [5.41, 5.74) is 1.27. The standard InChI is InChI=1S/C20H23NO6/c1-13(22)16-8-7-15(11-18(16)24)19(25)17(23)9-10-21-20(26)27-12-14-5-3-2-4-6-14/h2-8,11,17,19,23-25H,9-10,12H2,1H3,(H,21,26). The molecule has 7 nitrogen and oxygen atoms in total. The van der Waals surface area contributed by atoms with Gasteiger partial charge in [-0.1, -0.05) is 36.4 Å². The van der Waals surface area contributed by atoms with Crippen LogP contribution in [0, 0.1) is 0 Å². The first kappa shape index (κ1) is 20.4. The molecule has 0 bridgehead atoms. The van der Waals surface area contributed by atoms with Crippen molar-refractivity contribution in [1.29, 1.82) is 0 Å². The van der Waals surface area contributed by atoms with E-state index < -0.39 is 18.3 Å². The predicted molar refractivity (Wildman–Crippen MR) is 98.3 cm³/mol. The summed E-state index contributed by atoms with van der Waals surface area (Å²) >= 11 is 0. The van der Waals surface area contributed by atoms with E-state index in [0.29, 0.717) is 0 Å². The molecule has 0 spiro atoms. The van der Waals surface area contributed by atoms with Crippen molar-refractivity contribution in [1.82, 2.24) is 5.32 Å². The Kier molecular flexibility index (Phi) is 7.34. The Balaban J connectivity index is 1.77. The summed E-state index contributed by atoms with van der Waals surface area (Å²) in [7, 11) is 0. The van der Waals surface area contributed by atoms with E-state index in [9.17, 15) is 24.9 Å². The first-order chi connectivity index (χ1) is 12.9. The number of Topliss-reactive ketones (excluding diaryl/α,β-unsaturated/α-hetero) is 1. The van der Waals surface area contributed by atoms with Crippen LogP contribution in [0.15, 0.2) is 48.5 Å². The Morgan fingerprint density at radius 1 is 1.11 bits per heavy atom. The largest absolute Gasteiger partial charge is 0.507 e. The van der Waals surface area contributed by atoms with Crippen LogP contribution in [0.4, 0.5) is 4.79 Å². The Labute approximate surface area is 157 Å². The Morgan fingerprint density at radius 2 is 1.81 bits per heavy atom. The van der Waals surface area contributed by atoms with E-state index in [2.05, 4.69) is 5.32 Å². The number of carbonyl (C=O) groups excluding carboxylic acids is 2. The highest BCUT2D eigenvalue weighted by Gasteiger charge is 2.20. The number of aliphatic hydroxyl groups excluding tert-OH is 2. The first-order valence-corrected chi connectivity index (χ1v) is 8.53. The van der Waals surface area contributed by atoms with Gasteiger partial charge in [-0.3, -0.25) is 4.79 Å². The van der Waals surface area contributed by atoms with Crippen LogP contribution >= 0.6 is 0 Å². The zero-order valence-electron chi connectivity index (χ0n) is 15.0. The molecule has 2 rings (SSSR count). The summed E-state index contributed by atoms with van der Waals surface area (Å²) in [6.07, 6.45) is -2.97. The maximum atomic E-state index is 11.6. The number of amides is 1. The molecular weight excluding hydrogens is 350 g/mol. The van der Waals surface area contributed by atoms with Gasteiger partial charge >= 0.3 is 6.09 Å². The molecule has 0 aliphatic carbocycles. The molecule has 2 aromatic carbocycles. The summed E-state index contributed by atoms with van der Waals surface area (Å²) in [6, 6.07) is 13.3. The van der Waals surface area contributed by atoms with Crippen LogP contribution in [0.5, 0.6) is 5.75 Å². The zero-order chi connectivity index (χ0) is 19.8. The van der Waals surface area contributed by atoms with Gasteiger partial charge in [-0.15, -0.1) is 0 Å². The molecule has 0 aliphatic heterocycles. The molecule has 0 aliphatic rings. The molecule has 7 heteroatoms. The van der Waals surface area contributed by atoms with Gasteiger partial charge < -0.3 is 25.4 Å². The predicted octanol–water partition coefficient (Wildman–Crippen LogP) is 2.31. The molecule has 0 heterocycles. The van der Waals surface area contributed by atoms with E-state index in [1.54, 1.807) is 0 Å². The summed E-state index contributed by atoms with van der Waals surface area (Å²) in [4.78, 5) is 22.9. The van der Waals surface area contributed by atoms with Crippen LogP contribution in [0.1, 0.15) is 40.9 Å². The fourth-order valence-electron chi connectivity index (χ4n) is 2.51. The number of carbonyl (C=O) groups is 2. The Hall–Kier alpha value is -2.90. The molecule has 0 fully saturated rings. The van der Waals surface area contributed by atoms with Gasteiger partial charge in [0.15, 0.2) is 5.78 Å². The number of nitrogens with one attached hydrogen (secondary N) is 1. The SMILES string of the molecule is CC(=O)c1ccc(C(O)C(O)CCNC(=O)OCc2ccccc2)cc1O. The van der Waals surface area contributed by atoms with Crippen LogP contribution in [-0.4, -0.2) is 39.8 Å². The lowest BCUT2D eigenvalue weighted by atomic mass is 9.99. The van der Waals surface area contributed by atoms with E-state index in [1.807, 2.05) is 30.3 Å². The summed E-state index contributed by atoms with van der Waals surface area (Å²) in [5, 5.41) is 32.5. The molecule has 0 radical (unpaired) electrons. The second kappa shape index (κ2) is 9.70. The molecule has 1 amide bonds. The van der Waals surface area contributed by atoms with Gasteiger partial charge in [0.2, 0.25) is 0 Å². The number of benzene rings is 2. The van der Waals surface area contributed by atoms with E-state index in [1.165, 1.54) is 25.1 Å². The number of phenols is 1. The zero-order valence-corrected chi connectivity index (χ0v) is 15.0.